The summed E-state index contributed by atoms with van der Waals surface area (Å²) in [6.45, 7) is 0. The van der Waals surface area contributed by atoms with Crippen LogP contribution < -0.4 is 0 Å². The van der Waals surface area contributed by atoms with Gasteiger partial charge < -0.3 is 11.0 Å². The maximum absolute atomic E-state index is 0. The molecule has 0 atom stereocenters. The van der Waals surface area contributed by atoms with Crippen LogP contribution in [0.3, 0.4) is 0 Å². The minimum atomic E-state index is 0. The van der Waals surface area contributed by atoms with Crippen molar-refractivity contribution in [3.63, 3.8) is 0 Å². The van der Waals surface area contributed by atoms with Crippen LogP contribution in [0.15, 0.2) is 0 Å². The fraction of sp³-hybridized carbons (Fsp3) is 0. The molecule has 0 amide bonds. The average molecular weight is 264 g/mol. The molecule has 2 N–H and O–H groups in total. The van der Waals surface area contributed by atoms with Gasteiger partial charge in [-0.3, -0.25) is 0 Å². The molecule has 2 nitrogen and oxygen atoms in total. The van der Waals surface area contributed by atoms with Crippen LogP contribution >= 0.6 is 0 Å². The zero-order valence-corrected chi connectivity index (χ0v) is 8.64. The van der Waals surface area contributed by atoms with E-state index in [-0.39, 0.29) is 62.6 Å². The Morgan fingerprint density at radius 1 is 0.500 bits per heavy atom. The second-order valence-electron chi connectivity index (χ2n) is 0. The third kappa shape index (κ3) is 9.40. The summed E-state index contributed by atoms with van der Waals surface area (Å²) in [6.07, 6.45) is 0. The first-order chi connectivity index (χ1) is 0. The zero-order chi connectivity index (χ0) is 0. The van der Waals surface area contributed by atoms with Gasteiger partial charge in [0.1, 0.15) is 0 Å². The van der Waals surface area contributed by atoms with Crippen LogP contribution in [0.1, 0.15) is 0 Å². The van der Waals surface area contributed by atoms with Gasteiger partial charge in [-0.1, -0.05) is 0 Å². The molecule has 0 aromatic heterocycles. The molecule has 0 saturated carbocycles. The van der Waals surface area contributed by atoms with Gasteiger partial charge in [0.15, 0.2) is 0 Å². The summed E-state index contributed by atoms with van der Waals surface area (Å²) in [6, 6.07) is 0. The molecule has 0 aromatic carbocycles. The Bertz CT molecular complexity index is 4.00. The van der Waals surface area contributed by atoms with Crippen molar-refractivity contribution in [3.8, 4) is 0 Å². The van der Waals surface area contributed by atoms with Crippen molar-refractivity contribution in [2.75, 3.05) is 0 Å². The Morgan fingerprint density at radius 3 is 0.500 bits per heavy atom. The molecule has 0 heterocycles. The van der Waals surface area contributed by atoms with Crippen molar-refractivity contribution < 1.29 is 11.0 Å². The van der Waals surface area contributed by atoms with Gasteiger partial charge in [0.05, 0.1) is 0 Å². The van der Waals surface area contributed by atoms with Crippen molar-refractivity contribution in [2.24, 2.45) is 0 Å². The van der Waals surface area contributed by atoms with Crippen molar-refractivity contribution in [3.05, 3.63) is 0 Å². The van der Waals surface area contributed by atoms with Gasteiger partial charge in [0, 0.05) is 0 Å². The largest absolute Gasteiger partial charge is 3.00 e. The van der Waals surface area contributed by atoms with Crippen LogP contribution in [-0.4, -0.2) is 62.6 Å². The molecule has 0 unspecified atom stereocenters. The van der Waals surface area contributed by atoms with Gasteiger partial charge in [-0.15, -0.1) is 0 Å². The van der Waals surface area contributed by atoms with Gasteiger partial charge in [-0.2, -0.15) is 0 Å². The van der Waals surface area contributed by atoms with Gasteiger partial charge in [0.2, 0.25) is 0 Å². The minimum absolute atomic E-state index is 0. The number of hydrogen-bond donors (Lipinski definition) is 0. The summed E-state index contributed by atoms with van der Waals surface area (Å²) in [5.74, 6) is 0. The van der Waals surface area contributed by atoms with E-state index in [1.54, 1.807) is 0 Å². The molecule has 0 rings (SSSR count). The Hall–Kier alpha value is 1.66. The maximum atomic E-state index is 0. The number of hydrogen-bond acceptors (Lipinski definition) is 2. The fourth-order valence-electron chi connectivity index (χ4n) is 0. The van der Waals surface area contributed by atoms with Gasteiger partial charge in [0.25, 0.3) is 0 Å². The molecule has 0 fully saturated rings. The van der Waals surface area contributed by atoms with E-state index in [4.69, 9.17) is 0 Å². The summed E-state index contributed by atoms with van der Waals surface area (Å²) in [7, 11) is 0. The molecule has 0 aliphatic heterocycles. The van der Waals surface area contributed by atoms with Crippen LogP contribution in [0.2, 0.25) is 0 Å². The van der Waals surface area contributed by atoms with Gasteiger partial charge in [-0.05, 0) is 0 Å². The minimum Gasteiger partial charge on any atom is -0.870 e. The van der Waals surface area contributed by atoms with Crippen LogP contribution in [0.25, 0.3) is 0 Å². The zero-order valence-electron chi connectivity index (χ0n) is 2.05. The Morgan fingerprint density at radius 2 is 0.500 bits per heavy atom. The molecule has 0 saturated heterocycles. The predicted octanol–water partition coefficient (Wildman–Crippen LogP) is -1.12. The molecule has 16 valence electrons. The van der Waals surface area contributed by atoms with E-state index in [0.29, 0.717) is 0 Å². The predicted molar refractivity (Wildman–Crippen MR) is 15.4 cm³/mol. The van der Waals surface area contributed by atoms with Crippen molar-refractivity contribution >= 4 is 51.7 Å². The standard InChI is InChI=1S/2In.2H2O/h;;2*1H2/q2*+3;;/p-2. The first-order valence-electron chi connectivity index (χ1n) is 0. The van der Waals surface area contributed by atoms with E-state index in [9.17, 15) is 0 Å². The Kier molecular flexibility index (Phi) is 253. The first-order valence-corrected chi connectivity index (χ1v) is 0. The molecule has 0 bridgehead atoms. The summed E-state index contributed by atoms with van der Waals surface area (Å²) in [4.78, 5) is 0. The van der Waals surface area contributed by atoms with E-state index in [2.05, 4.69) is 0 Å². The molecule has 4 heteroatoms. The second kappa shape index (κ2) is 22.7. The van der Waals surface area contributed by atoms with E-state index < -0.39 is 0 Å². The summed E-state index contributed by atoms with van der Waals surface area (Å²) >= 11 is 0. The third-order valence-electron chi connectivity index (χ3n) is 0. The van der Waals surface area contributed by atoms with Crippen molar-refractivity contribution in [1.29, 1.82) is 0 Å². The summed E-state index contributed by atoms with van der Waals surface area (Å²) in [5, 5.41) is 0. The summed E-state index contributed by atoms with van der Waals surface area (Å²) in [5.41, 5.74) is 0. The fourth-order valence-corrected chi connectivity index (χ4v) is 0. The normalized spacial score (nSPS) is 0. The summed E-state index contributed by atoms with van der Waals surface area (Å²) < 4.78 is 0. The van der Waals surface area contributed by atoms with Crippen LogP contribution in [-0.2, 0) is 0 Å². The number of rotatable bonds is 0. The second-order valence-corrected chi connectivity index (χ2v) is 0. The molecule has 0 radical (unpaired) electrons. The van der Waals surface area contributed by atoms with E-state index >= 15 is 0 Å². The SMILES string of the molecule is [In+3].[In+3].[OH-].[OH-]. The van der Waals surface area contributed by atoms with Crippen LogP contribution in [0.4, 0.5) is 0 Å². The quantitative estimate of drug-likeness (QED) is 0.556. The van der Waals surface area contributed by atoms with Gasteiger partial charge in [-0.25, -0.2) is 0 Å². The molecule has 0 spiro atoms. The molecule has 0 aliphatic rings. The topological polar surface area (TPSA) is 60.0 Å². The molecule has 4 heavy (non-hydrogen) atoms. The Labute approximate surface area is 62.1 Å². The van der Waals surface area contributed by atoms with Crippen molar-refractivity contribution in [1.82, 2.24) is 0 Å². The Balaban J connectivity index is 0. The van der Waals surface area contributed by atoms with E-state index in [1.807, 2.05) is 0 Å². The van der Waals surface area contributed by atoms with Crippen LogP contribution in [0.5, 0.6) is 0 Å². The average Bonchev–Trinajstić information content (AvgIpc) is 0. The van der Waals surface area contributed by atoms with E-state index in [0.717, 1.165) is 0 Å². The molecular weight excluding hydrogens is 262 g/mol. The molecule has 0 aromatic rings. The first kappa shape index (κ1) is 44.6. The maximum Gasteiger partial charge on any atom is 3.00 e. The smallest absolute Gasteiger partial charge is 0.870 e. The van der Waals surface area contributed by atoms with Crippen molar-refractivity contribution in [2.45, 2.75) is 0 Å². The van der Waals surface area contributed by atoms with Gasteiger partial charge >= 0.3 is 51.7 Å². The molecular formula is H2In2O2+4. The monoisotopic (exact) mass is 264 g/mol. The van der Waals surface area contributed by atoms with E-state index in [1.165, 1.54) is 0 Å². The van der Waals surface area contributed by atoms with Crippen LogP contribution in [0, 0.1) is 0 Å². The molecule has 0 aliphatic carbocycles. The third-order valence-corrected chi connectivity index (χ3v) is 0.